The van der Waals surface area contributed by atoms with E-state index in [0.717, 1.165) is 5.69 Å². The van der Waals surface area contributed by atoms with Crippen molar-refractivity contribution in [2.24, 2.45) is 0 Å². The maximum Gasteiger partial charge on any atom is 0.350 e. The molecule has 2 aromatic heterocycles. The molecule has 0 bridgehead atoms. The van der Waals surface area contributed by atoms with Crippen LogP contribution in [0.1, 0.15) is 6.42 Å². The number of piperazine rings is 1. The van der Waals surface area contributed by atoms with Crippen molar-refractivity contribution in [2.75, 3.05) is 37.6 Å². The van der Waals surface area contributed by atoms with Gasteiger partial charge in [0.1, 0.15) is 0 Å². The molecule has 0 N–H and O–H groups in total. The third kappa shape index (κ3) is 3.85. The monoisotopic (exact) mass is 387 g/mol. The van der Waals surface area contributed by atoms with E-state index in [1.54, 1.807) is 18.3 Å². The lowest BCUT2D eigenvalue weighted by molar-refractivity contribution is -0.881. The number of benzene rings is 1. The highest BCUT2D eigenvalue weighted by Crippen LogP contribution is 2.22. The highest BCUT2D eigenvalue weighted by molar-refractivity contribution is 6.30. The molecule has 0 unspecified atom stereocenters. The van der Waals surface area contributed by atoms with Crippen LogP contribution in [0, 0.1) is 5.21 Å². The number of anilines is 1. The number of nitrogens with zero attached hydrogens (tertiary/aromatic N) is 5. The number of quaternary nitrogens is 1. The van der Waals surface area contributed by atoms with E-state index in [0.29, 0.717) is 56.4 Å². The van der Waals surface area contributed by atoms with Crippen LogP contribution in [0.25, 0.3) is 5.65 Å². The summed E-state index contributed by atoms with van der Waals surface area (Å²) in [7, 11) is 0. The Morgan fingerprint density at radius 3 is 2.70 bits per heavy atom. The van der Waals surface area contributed by atoms with E-state index in [1.807, 2.05) is 30.3 Å². The first-order chi connectivity index (χ1) is 13.0. The molecule has 3 heterocycles. The standard InChI is InChI=1S/C19H22ClN5O2/c20-16-5-3-6-17(15-16)22-10-13-25(27,14-11-22)12-4-9-24-19(26)23-8-2-1-7-18(23)21-24/h1-3,5-8,15H,4,9-14H2. The van der Waals surface area contributed by atoms with Gasteiger partial charge >= 0.3 is 5.69 Å². The lowest BCUT2D eigenvalue weighted by Gasteiger charge is -2.48. The van der Waals surface area contributed by atoms with Gasteiger partial charge in [0.05, 0.1) is 39.3 Å². The molecule has 0 saturated carbocycles. The Hall–Kier alpha value is -2.35. The average molecular weight is 388 g/mol. The second-order valence-electron chi connectivity index (χ2n) is 6.98. The highest BCUT2D eigenvalue weighted by Gasteiger charge is 2.25. The van der Waals surface area contributed by atoms with Crippen LogP contribution in [0.5, 0.6) is 0 Å². The zero-order valence-electron chi connectivity index (χ0n) is 15.0. The summed E-state index contributed by atoms with van der Waals surface area (Å²) < 4.78 is 2.74. The zero-order valence-corrected chi connectivity index (χ0v) is 15.8. The minimum Gasteiger partial charge on any atom is -0.633 e. The van der Waals surface area contributed by atoms with Gasteiger partial charge in [-0.05, 0) is 30.3 Å². The number of pyridine rings is 1. The molecule has 142 valence electrons. The van der Waals surface area contributed by atoms with Gasteiger partial charge in [0, 0.05) is 23.3 Å². The smallest absolute Gasteiger partial charge is 0.350 e. The Balaban J connectivity index is 1.33. The molecule has 8 heteroatoms. The first kappa shape index (κ1) is 18.0. The van der Waals surface area contributed by atoms with Crippen molar-refractivity contribution in [3.63, 3.8) is 0 Å². The highest BCUT2D eigenvalue weighted by atomic mass is 35.5. The number of fused-ring (bicyclic) bond motifs is 1. The minimum atomic E-state index is -0.223. The number of hydroxylamine groups is 3. The maximum absolute atomic E-state index is 13.0. The van der Waals surface area contributed by atoms with Gasteiger partial charge < -0.3 is 14.8 Å². The van der Waals surface area contributed by atoms with Gasteiger partial charge in [-0.15, -0.1) is 5.10 Å². The Morgan fingerprint density at radius 2 is 1.96 bits per heavy atom. The van der Waals surface area contributed by atoms with E-state index in [-0.39, 0.29) is 10.3 Å². The van der Waals surface area contributed by atoms with Gasteiger partial charge in [0.15, 0.2) is 5.65 Å². The van der Waals surface area contributed by atoms with Crippen molar-refractivity contribution in [2.45, 2.75) is 13.0 Å². The summed E-state index contributed by atoms with van der Waals surface area (Å²) in [5, 5.41) is 18.0. The molecule has 1 aromatic carbocycles. The van der Waals surface area contributed by atoms with Gasteiger partial charge in [0.2, 0.25) is 0 Å². The van der Waals surface area contributed by atoms with E-state index in [1.165, 1.54) is 9.08 Å². The van der Waals surface area contributed by atoms with Crippen molar-refractivity contribution >= 4 is 22.9 Å². The number of hydrogen-bond donors (Lipinski definition) is 0. The largest absolute Gasteiger partial charge is 0.633 e. The average Bonchev–Trinajstić information content (AvgIpc) is 2.98. The van der Waals surface area contributed by atoms with Crippen LogP contribution < -0.4 is 10.6 Å². The topological polar surface area (TPSA) is 65.6 Å². The molecular weight excluding hydrogens is 366 g/mol. The van der Waals surface area contributed by atoms with Crippen LogP contribution in [0.15, 0.2) is 53.5 Å². The summed E-state index contributed by atoms with van der Waals surface area (Å²) in [5.41, 5.74) is 1.53. The van der Waals surface area contributed by atoms with Crippen LogP contribution in [0.4, 0.5) is 5.69 Å². The first-order valence-corrected chi connectivity index (χ1v) is 9.54. The van der Waals surface area contributed by atoms with Crippen LogP contribution in [-0.4, -0.2) is 51.6 Å². The van der Waals surface area contributed by atoms with Gasteiger partial charge in [-0.1, -0.05) is 23.7 Å². The second kappa shape index (κ2) is 7.34. The molecule has 1 saturated heterocycles. The maximum atomic E-state index is 13.0. The fourth-order valence-corrected chi connectivity index (χ4v) is 3.79. The molecule has 27 heavy (non-hydrogen) atoms. The van der Waals surface area contributed by atoms with Crippen LogP contribution >= 0.6 is 11.6 Å². The van der Waals surface area contributed by atoms with E-state index >= 15 is 0 Å². The summed E-state index contributed by atoms with van der Waals surface area (Å²) in [5.74, 6) is 0. The Bertz CT molecular complexity index is 991. The Labute approximate surface area is 162 Å². The summed E-state index contributed by atoms with van der Waals surface area (Å²) in [4.78, 5) is 14.5. The van der Waals surface area contributed by atoms with Gasteiger partial charge in [-0.3, -0.25) is 4.40 Å². The zero-order chi connectivity index (χ0) is 18.9. The lowest BCUT2D eigenvalue weighted by Crippen LogP contribution is -2.56. The molecule has 1 fully saturated rings. The molecule has 0 radical (unpaired) electrons. The summed E-state index contributed by atoms with van der Waals surface area (Å²) in [6.45, 7) is 3.43. The fraction of sp³-hybridized carbons (Fsp3) is 0.368. The van der Waals surface area contributed by atoms with E-state index in [4.69, 9.17) is 11.6 Å². The van der Waals surface area contributed by atoms with Crippen molar-refractivity contribution in [1.29, 1.82) is 0 Å². The van der Waals surface area contributed by atoms with Gasteiger partial charge in [-0.25, -0.2) is 9.48 Å². The fourth-order valence-electron chi connectivity index (χ4n) is 3.61. The summed E-state index contributed by atoms with van der Waals surface area (Å²) in [6.07, 6.45) is 2.34. The molecule has 1 aliphatic rings. The molecule has 0 atom stereocenters. The van der Waals surface area contributed by atoms with E-state index in [2.05, 4.69) is 10.00 Å². The molecule has 3 aromatic rings. The van der Waals surface area contributed by atoms with Crippen LogP contribution in [0.2, 0.25) is 5.02 Å². The third-order valence-corrected chi connectivity index (χ3v) is 5.39. The van der Waals surface area contributed by atoms with E-state index < -0.39 is 0 Å². The quantitative estimate of drug-likeness (QED) is 0.498. The minimum absolute atomic E-state index is 0.158. The summed E-state index contributed by atoms with van der Waals surface area (Å²) in [6, 6.07) is 13.2. The normalized spacial score (nSPS) is 16.7. The number of aromatic nitrogens is 3. The molecule has 7 nitrogen and oxygen atoms in total. The molecule has 0 aliphatic carbocycles. The molecule has 0 amide bonds. The van der Waals surface area contributed by atoms with Crippen molar-refractivity contribution in [3.05, 3.63) is 69.4 Å². The molecule has 0 spiro atoms. The molecule has 1 aliphatic heterocycles. The third-order valence-electron chi connectivity index (χ3n) is 5.15. The first-order valence-electron chi connectivity index (χ1n) is 9.16. The number of aryl methyl sites for hydroxylation is 1. The van der Waals surface area contributed by atoms with Crippen LogP contribution in [-0.2, 0) is 6.54 Å². The number of halogens is 1. The van der Waals surface area contributed by atoms with Gasteiger partial charge in [-0.2, -0.15) is 0 Å². The predicted molar refractivity (Wildman–Crippen MR) is 106 cm³/mol. The second-order valence-corrected chi connectivity index (χ2v) is 7.42. The molecular formula is C19H22ClN5O2. The molecule has 4 rings (SSSR count). The summed E-state index contributed by atoms with van der Waals surface area (Å²) >= 11 is 6.06. The van der Waals surface area contributed by atoms with E-state index in [9.17, 15) is 10.0 Å². The van der Waals surface area contributed by atoms with Crippen molar-refractivity contribution in [3.8, 4) is 0 Å². The lowest BCUT2D eigenvalue weighted by atomic mass is 10.2. The Morgan fingerprint density at radius 1 is 1.15 bits per heavy atom. The Kier molecular flexibility index (Phi) is 4.90. The van der Waals surface area contributed by atoms with Crippen molar-refractivity contribution < 1.29 is 4.65 Å². The predicted octanol–water partition coefficient (Wildman–Crippen LogP) is 2.37. The SMILES string of the molecule is O=c1n(CCC[N+]2([O-])CCN(c3cccc(Cl)c3)CC2)nc2ccccn12. The van der Waals surface area contributed by atoms with Crippen LogP contribution in [0.3, 0.4) is 0 Å². The van der Waals surface area contributed by atoms with Crippen molar-refractivity contribution in [1.82, 2.24) is 14.2 Å². The van der Waals surface area contributed by atoms with Gasteiger partial charge in [0.25, 0.3) is 0 Å². The number of rotatable bonds is 5. The number of hydrogen-bond acceptors (Lipinski definition) is 4.